The van der Waals surface area contributed by atoms with E-state index in [1.807, 2.05) is 17.8 Å². The molecule has 0 atom stereocenters. The summed E-state index contributed by atoms with van der Waals surface area (Å²) in [5.41, 5.74) is 1.84. The standard InChI is InChI=1S/C18H24BrN5O3S2/c1-10-13(17(26)27-5)15(29-14(10)16(25)23(3)4)21-18(28)20-7-6-8-24-9-12(19)11(2)22-24/h9H,6-8H2,1-5H3,(H2,20,21,28). The largest absolute Gasteiger partial charge is 0.465 e. The second kappa shape index (κ2) is 10.2. The number of carbonyl (C=O) groups is 2. The molecule has 0 saturated carbocycles. The first-order valence-electron chi connectivity index (χ1n) is 8.83. The van der Waals surface area contributed by atoms with Gasteiger partial charge in [-0.15, -0.1) is 11.3 Å². The number of rotatable bonds is 7. The number of methoxy groups -OCH3 is 1. The molecule has 8 nitrogen and oxygen atoms in total. The van der Waals surface area contributed by atoms with E-state index in [0.717, 1.165) is 23.1 Å². The highest BCUT2D eigenvalue weighted by molar-refractivity contribution is 9.10. The van der Waals surface area contributed by atoms with Gasteiger partial charge < -0.3 is 20.3 Å². The predicted octanol–water partition coefficient (Wildman–Crippen LogP) is 3.19. The number of aryl methyl sites for hydroxylation is 2. The molecule has 2 rings (SSSR count). The molecule has 0 bridgehead atoms. The van der Waals surface area contributed by atoms with Crippen molar-refractivity contribution in [3.8, 4) is 0 Å². The fraction of sp³-hybridized carbons (Fsp3) is 0.444. The van der Waals surface area contributed by atoms with E-state index >= 15 is 0 Å². The maximum Gasteiger partial charge on any atom is 0.341 e. The number of thiophene rings is 1. The third kappa shape index (κ3) is 5.77. The van der Waals surface area contributed by atoms with Crippen molar-refractivity contribution in [2.75, 3.05) is 33.1 Å². The second-order valence-electron chi connectivity index (χ2n) is 6.51. The number of hydrogen-bond acceptors (Lipinski definition) is 6. The van der Waals surface area contributed by atoms with Crippen LogP contribution in [-0.4, -0.2) is 59.4 Å². The Bertz CT molecular complexity index is 903. The number of nitrogens with one attached hydrogen (secondary N) is 2. The van der Waals surface area contributed by atoms with Gasteiger partial charge in [-0.2, -0.15) is 5.10 Å². The van der Waals surface area contributed by atoms with Crippen LogP contribution in [0.15, 0.2) is 10.7 Å². The Morgan fingerprint density at radius 2 is 2.07 bits per heavy atom. The minimum absolute atomic E-state index is 0.176. The van der Waals surface area contributed by atoms with Crippen molar-refractivity contribution >= 4 is 61.5 Å². The van der Waals surface area contributed by atoms with E-state index < -0.39 is 5.97 Å². The Morgan fingerprint density at radius 1 is 1.38 bits per heavy atom. The van der Waals surface area contributed by atoms with Crippen LogP contribution in [0.1, 0.15) is 37.7 Å². The first kappa shape index (κ1) is 23.3. The van der Waals surface area contributed by atoms with Crippen LogP contribution in [-0.2, 0) is 11.3 Å². The molecule has 2 heterocycles. The lowest BCUT2D eigenvalue weighted by Gasteiger charge is -2.10. The van der Waals surface area contributed by atoms with Gasteiger partial charge in [0.1, 0.15) is 5.00 Å². The highest BCUT2D eigenvalue weighted by Gasteiger charge is 2.26. The van der Waals surface area contributed by atoms with Crippen LogP contribution >= 0.6 is 39.5 Å². The lowest BCUT2D eigenvalue weighted by atomic mass is 10.1. The molecule has 0 saturated heterocycles. The van der Waals surface area contributed by atoms with Gasteiger partial charge in [0.2, 0.25) is 0 Å². The fourth-order valence-corrected chi connectivity index (χ4v) is 4.36. The molecular formula is C18H24BrN5O3S2. The number of anilines is 1. The number of hydrogen-bond donors (Lipinski definition) is 2. The van der Waals surface area contributed by atoms with Gasteiger partial charge in [0, 0.05) is 33.4 Å². The number of esters is 1. The molecule has 11 heteroatoms. The molecule has 29 heavy (non-hydrogen) atoms. The predicted molar refractivity (Wildman–Crippen MR) is 122 cm³/mol. The highest BCUT2D eigenvalue weighted by Crippen LogP contribution is 2.34. The van der Waals surface area contributed by atoms with E-state index in [1.54, 1.807) is 21.0 Å². The van der Waals surface area contributed by atoms with Gasteiger partial charge in [-0.3, -0.25) is 9.48 Å². The molecule has 2 N–H and O–H groups in total. The molecule has 2 aromatic rings. The summed E-state index contributed by atoms with van der Waals surface area (Å²) in [7, 11) is 4.64. The highest BCUT2D eigenvalue weighted by atomic mass is 79.9. The van der Waals surface area contributed by atoms with E-state index in [9.17, 15) is 9.59 Å². The lowest BCUT2D eigenvalue weighted by Crippen LogP contribution is -2.30. The summed E-state index contributed by atoms with van der Waals surface area (Å²) >= 11 is 9.98. The fourth-order valence-electron chi connectivity index (χ4n) is 2.55. The summed E-state index contributed by atoms with van der Waals surface area (Å²) in [5, 5.41) is 11.4. The SMILES string of the molecule is COC(=O)c1c(NC(=S)NCCCn2cc(Br)c(C)n2)sc(C(=O)N(C)C)c1C. The van der Waals surface area contributed by atoms with Crippen LogP contribution < -0.4 is 10.6 Å². The van der Waals surface area contributed by atoms with Gasteiger partial charge in [-0.1, -0.05) is 0 Å². The smallest absolute Gasteiger partial charge is 0.341 e. The number of halogens is 1. The quantitative estimate of drug-likeness (QED) is 0.342. The van der Waals surface area contributed by atoms with Crippen molar-refractivity contribution in [3.63, 3.8) is 0 Å². The Balaban J connectivity index is 2.01. The average molecular weight is 502 g/mol. The van der Waals surface area contributed by atoms with Crippen LogP contribution in [0.5, 0.6) is 0 Å². The summed E-state index contributed by atoms with van der Waals surface area (Å²) in [6.07, 6.45) is 2.75. The van der Waals surface area contributed by atoms with Crippen LogP contribution in [0.2, 0.25) is 0 Å². The van der Waals surface area contributed by atoms with Crippen molar-refractivity contribution in [3.05, 3.63) is 32.4 Å². The summed E-state index contributed by atoms with van der Waals surface area (Å²) in [6, 6.07) is 0. The Kier molecular flexibility index (Phi) is 8.17. The molecule has 1 amide bonds. The molecule has 2 aromatic heterocycles. The van der Waals surface area contributed by atoms with E-state index in [-0.39, 0.29) is 5.91 Å². The molecule has 0 aromatic carbocycles. The van der Waals surface area contributed by atoms with Gasteiger partial charge in [-0.05, 0) is 54.0 Å². The number of thiocarbonyl (C=S) groups is 1. The van der Waals surface area contributed by atoms with Crippen LogP contribution in [0.3, 0.4) is 0 Å². The minimum atomic E-state index is -0.513. The van der Waals surface area contributed by atoms with E-state index in [4.69, 9.17) is 17.0 Å². The van der Waals surface area contributed by atoms with Crippen LogP contribution in [0.4, 0.5) is 5.00 Å². The van der Waals surface area contributed by atoms with Crippen LogP contribution in [0.25, 0.3) is 0 Å². The molecular weight excluding hydrogens is 478 g/mol. The number of amides is 1. The number of nitrogens with zero attached hydrogens (tertiary/aromatic N) is 3. The zero-order valence-corrected chi connectivity index (χ0v) is 20.2. The molecule has 0 unspecified atom stereocenters. The monoisotopic (exact) mass is 501 g/mol. The summed E-state index contributed by atoms with van der Waals surface area (Å²) in [5.74, 6) is -0.688. The zero-order chi connectivity index (χ0) is 21.7. The van der Waals surface area contributed by atoms with Crippen LogP contribution in [0, 0.1) is 13.8 Å². The molecule has 0 spiro atoms. The van der Waals surface area contributed by atoms with Gasteiger partial charge in [0.05, 0.1) is 27.7 Å². The maximum absolute atomic E-state index is 12.4. The Morgan fingerprint density at radius 3 is 2.62 bits per heavy atom. The zero-order valence-electron chi connectivity index (χ0n) is 17.0. The average Bonchev–Trinajstić information content (AvgIpc) is 3.16. The van der Waals surface area contributed by atoms with Gasteiger partial charge in [0.25, 0.3) is 5.91 Å². The summed E-state index contributed by atoms with van der Waals surface area (Å²) in [4.78, 5) is 26.6. The van der Waals surface area contributed by atoms with Gasteiger partial charge in [0.15, 0.2) is 5.11 Å². The molecule has 158 valence electrons. The summed E-state index contributed by atoms with van der Waals surface area (Å²) in [6.45, 7) is 5.04. The van der Waals surface area contributed by atoms with Crippen molar-refractivity contribution in [2.45, 2.75) is 26.8 Å². The summed E-state index contributed by atoms with van der Waals surface area (Å²) < 4.78 is 7.73. The van der Waals surface area contributed by atoms with Gasteiger partial charge >= 0.3 is 5.97 Å². The molecule has 0 radical (unpaired) electrons. The number of ether oxygens (including phenoxy) is 1. The number of aromatic nitrogens is 2. The molecule has 0 aliphatic carbocycles. The normalized spacial score (nSPS) is 10.6. The first-order chi connectivity index (χ1) is 13.6. The van der Waals surface area contributed by atoms with Crippen molar-refractivity contribution in [1.29, 1.82) is 0 Å². The first-order valence-corrected chi connectivity index (χ1v) is 10.8. The molecule has 0 aliphatic rings. The molecule has 0 fully saturated rings. The molecule has 0 aliphatic heterocycles. The van der Waals surface area contributed by atoms with E-state index in [2.05, 4.69) is 31.7 Å². The van der Waals surface area contributed by atoms with Crippen molar-refractivity contribution in [2.24, 2.45) is 0 Å². The third-order valence-electron chi connectivity index (χ3n) is 4.10. The van der Waals surface area contributed by atoms with E-state index in [0.29, 0.717) is 32.7 Å². The number of carbonyl (C=O) groups excluding carboxylic acids is 2. The van der Waals surface area contributed by atoms with Crippen molar-refractivity contribution in [1.82, 2.24) is 20.0 Å². The van der Waals surface area contributed by atoms with Gasteiger partial charge in [-0.25, -0.2) is 4.79 Å². The third-order valence-corrected chi connectivity index (χ3v) is 6.32. The van der Waals surface area contributed by atoms with E-state index in [1.165, 1.54) is 23.3 Å². The lowest BCUT2D eigenvalue weighted by molar-refractivity contribution is 0.0601. The second-order valence-corrected chi connectivity index (χ2v) is 8.79. The Labute approximate surface area is 187 Å². The minimum Gasteiger partial charge on any atom is -0.465 e. The van der Waals surface area contributed by atoms with Crippen molar-refractivity contribution < 1.29 is 14.3 Å². The Hall–Kier alpha value is -1.98. The topological polar surface area (TPSA) is 88.5 Å². The maximum atomic E-state index is 12.4.